The summed E-state index contributed by atoms with van der Waals surface area (Å²) in [5, 5.41) is 0. The molecule has 4 nitrogen and oxygen atoms in total. The molecule has 1 aliphatic carbocycles. The first-order valence-corrected chi connectivity index (χ1v) is 6.41. The molecule has 0 aromatic rings. The zero-order chi connectivity index (χ0) is 13.8. The van der Waals surface area contributed by atoms with Gasteiger partial charge in [0.15, 0.2) is 0 Å². The van der Waals surface area contributed by atoms with E-state index < -0.39 is 5.60 Å². The molecule has 102 valence electrons. The van der Waals surface area contributed by atoms with Crippen LogP contribution in [0.5, 0.6) is 0 Å². The van der Waals surface area contributed by atoms with Gasteiger partial charge in [-0.05, 0) is 47.0 Å². The number of allylic oxidation sites excluding steroid dienone is 1. The summed E-state index contributed by atoms with van der Waals surface area (Å²) < 4.78 is 10.2. The van der Waals surface area contributed by atoms with Crippen LogP contribution in [0.2, 0.25) is 0 Å². The molecule has 1 rings (SSSR count). The second kappa shape index (κ2) is 6.03. The fraction of sp³-hybridized carbons (Fsp3) is 0.714. The summed E-state index contributed by atoms with van der Waals surface area (Å²) in [5.41, 5.74) is 0.495. The SMILES string of the molecule is CCOC(=O)C1CC/C(=C/C(=O)OC(C)(C)C)C1. The number of carbonyl (C=O) groups excluding carboxylic acids is 2. The Balaban J connectivity index is 2.51. The van der Waals surface area contributed by atoms with E-state index in [0.29, 0.717) is 13.0 Å². The summed E-state index contributed by atoms with van der Waals surface area (Å²) in [6.45, 7) is 7.70. The van der Waals surface area contributed by atoms with Crippen molar-refractivity contribution >= 4 is 11.9 Å². The smallest absolute Gasteiger partial charge is 0.331 e. The van der Waals surface area contributed by atoms with E-state index >= 15 is 0 Å². The Kier molecular flexibility index (Phi) is 4.93. The van der Waals surface area contributed by atoms with Crippen LogP contribution in [0.4, 0.5) is 0 Å². The van der Waals surface area contributed by atoms with Gasteiger partial charge < -0.3 is 9.47 Å². The zero-order valence-electron chi connectivity index (χ0n) is 11.6. The summed E-state index contributed by atoms with van der Waals surface area (Å²) >= 11 is 0. The van der Waals surface area contributed by atoms with Crippen molar-refractivity contribution in [2.45, 2.75) is 52.6 Å². The van der Waals surface area contributed by atoms with Crippen LogP contribution in [0.1, 0.15) is 47.0 Å². The first-order valence-electron chi connectivity index (χ1n) is 6.41. The fourth-order valence-corrected chi connectivity index (χ4v) is 1.97. The van der Waals surface area contributed by atoms with Gasteiger partial charge in [0.25, 0.3) is 0 Å². The first-order chi connectivity index (χ1) is 8.31. The maximum Gasteiger partial charge on any atom is 0.331 e. The Bertz CT molecular complexity index is 349. The average Bonchev–Trinajstić information content (AvgIpc) is 2.63. The van der Waals surface area contributed by atoms with Gasteiger partial charge in [0, 0.05) is 6.08 Å². The summed E-state index contributed by atoms with van der Waals surface area (Å²) in [6, 6.07) is 0. The van der Waals surface area contributed by atoms with Crippen LogP contribution in [0.25, 0.3) is 0 Å². The second-order valence-corrected chi connectivity index (χ2v) is 5.53. The quantitative estimate of drug-likeness (QED) is 0.574. The Morgan fingerprint density at radius 1 is 1.39 bits per heavy atom. The van der Waals surface area contributed by atoms with Crippen molar-refractivity contribution < 1.29 is 19.1 Å². The molecule has 0 amide bonds. The molecule has 1 fully saturated rings. The molecule has 1 unspecified atom stereocenters. The molecule has 4 heteroatoms. The fourth-order valence-electron chi connectivity index (χ4n) is 1.97. The van der Waals surface area contributed by atoms with Gasteiger partial charge in [0.1, 0.15) is 5.60 Å². The van der Waals surface area contributed by atoms with E-state index in [9.17, 15) is 9.59 Å². The normalized spacial score (nSPS) is 22.0. The topological polar surface area (TPSA) is 52.6 Å². The molecule has 1 atom stereocenters. The largest absolute Gasteiger partial charge is 0.466 e. The van der Waals surface area contributed by atoms with Gasteiger partial charge in [0.2, 0.25) is 0 Å². The van der Waals surface area contributed by atoms with Gasteiger partial charge >= 0.3 is 11.9 Å². The van der Waals surface area contributed by atoms with E-state index in [1.807, 2.05) is 20.8 Å². The maximum absolute atomic E-state index is 11.6. The molecule has 0 saturated heterocycles. The molecule has 0 radical (unpaired) electrons. The molecule has 18 heavy (non-hydrogen) atoms. The standard InChI is InChI=1S/C14H22O4/c1-5-17-13(16)11-7-6-10(8-11)9-12(15)18-14(2,3)4/h9,11H,5-8H2,1-4H3/b10-9-. The zero-order valence-corrected chi connectivity index (χ0v) is 11.6. The third kappa shape index (κ3) is 4.90. The molecule has 1 aliphatic rings. The van der Waals surface area contributed by atoms with E-state index in [-0.39, 0.29) is 17.9 Å². The van der Waals surface area contributed by atoms with Crippen LogP contribution < -0.4 is 0 Å². The summed E-state index contributed by atoms with van der Waals surface area (Å²) in [7, 11) is 0. The van der Waals surface area contributed by atoms with Crippen molar-refractivity contribution in [3.63, 3.8) is 0 Å². The lowest BCUT2D eigenvalue weighted by atomic mass is 10.1. The lowest BCUT2D eigenvalue weighted by Crippen LogP contribution is -2.22. The van der Waals surface area contributed by atoms with Gasteiger partial charge in [0.05, 0.1) is 12.5 Å². The molecule has 0 aromatic carbocycles. The Morgan fingerprint density at radius 3 is 2.61 bits per heavy atom. The molecule has 0 N–H and O–H groups in total. The number of hydrogen-bond acceptors (Lipinski definition) is 4. The number of esters is 2. The van der Waals surface area contributed by atoms with Gasteiger partial charge in [-0.25, -0.2) is 4.79 Å². The minimum absolute atomic E-state index is 0.0985. The van der Waals surface area contributed by atoms with Gasteiger partial charge in [-0.3, -0.25) is 4.79 Å². The first kappa shape index (κ1) is 14.7. The molecule has 0 heterocycles. The van der Waals surface area contributed by atoms with E-state index in [4.69, 9.17) is 9.47 Å². The Morgan fingerprint density at radius 2 is 2.06 bits per heavy atom. The third-order valence-corrected chi connectivity index (χ3v) is 2.67. The highest BCUT2D eigenvalue weighted by atomic mass is 16.6. The molecular weight excluding hydrogens is 232 g/mol. The Labute approximate surface area is 108 Å². The number of hydrogen-bond donors (Lipinski definition) is 0. The van der Waals surface area contributed by atoms with Crippen LogP contribution in [-0.4, -0.2) is 24.1 Å². The van der Waals surface area contributed by atoms with Gasteiger partial charge in [-0.2, -0.15) is 0 Å². The second-order valence-electron chi connectivity index (χ2n) is 5.53. The van der Waals surface area contributed by atoms with Crippen LogP contribution in [-0.2, 0) is 19.1 Å². The summed E-state index contributed by atoms with van der Waals surface area (Å²) in [6.07, 6.45) is 3.65. The molecule has 0 aliphatic heterocycles. The van der Waals surface area contributed by atoms with E-state index in [1.54, 1.807) is 6.92 Å². The van der Waals surface area contributed by atoms with Crippen molar-refractivity contribution in [3.05, 3.63) is 11.6 Å². The molecule has 0 bridgehead atoms. The van der Waals surface area contributed by atoms with Crippen LogP contribution in [0.15, 0.2) is 11.6 Å². The van der Waals surface area contributed by atoms with E-state index in [0.717, 1.165) is 18.4 Å². The highest BCUT2D eigenvalue weighted by Gasteiger charge is 2.28. The lowest BCUT2D eigenvalue weighted by molar-refractivity contribution is -0.149. The minimum atomic E-state index is -0.479. The van der Waals surface area contributed by atoms with Gasteiger partial charge in [-0.15, -0.1) is 0 Å². The maximum atomic E-state index is 11.6. The average molecular weight is 254 g/mol. The predicted octanol–water partition coefficient (Wildman–Crippen LogP) is 2.62. The van der Waals surface area contributed by atoms with E-state index in [1.165, 1.54) is 6.08 Å². The van der Waals surface area contributed by atoms with E-state index in [2.05, 4.69) is 0 Å². The third-order valence-electron chi connectivity index (χ3n) is 2.67. The molecule has 0 spiro atoms. The van der Waals surface area contributed by atoms with Crippen LogP contribution >= 0.6 is 0 Å². The highest BCUT2D eigenvalue weighted by molar-refractivity contribution is 5.83. The number of rotatable bonds is 3. The van der Waals surface area contributed by atoms with Crippen LogP contribution in [0, 0.1) is 5.92 Å². The van der Waals surface area contributed by atoms with Crippen molar-refractivity contribution in [2.24, 2.45) is 5.92 Å². The van der Waals surface area contributed by atoms with Crippen molar-refractivity contribution in [1.29, 1.82) is 0 Å². The van der Waals surface area contributed by atoms with Gasteiger partial charge in [-0.1, -0.05) is 5.57 Å². The summed E-state index contributed by atoms with van der Waals surface area (Å²) in [4.78, 5) is 23.1. The Hall–Kier alpha value is -1.32. The summed E-state index contributed by atoms with van der Waals surface area (Å²) in [5.74, 6) is -0.592. The highest BCUT2D eigenvalue weighted by Crippen LogP contribution is 2.31. The predicted molar refractivity (Wildman–Crippen MR) is 67.9 cm³/mol. The number of ether oxygens (including phenoxy) is 2. The van der Waals surface area contributed by atoms with Crippen LogP contribution in [0.3, 0.4) is 0 Å². The lowest BCUT2D eigenvalue weighted by Gasteiger charge is -2.18. The molecular formula is C14H22O4. The monoisotopic (exact) mass is 254 g/mol. The van der Waals surface area contributed by atoms with Crippen molar-refractivity contribution in [3.8, 4) is 0 Å². The molecule has 0 aromatic heterocycles. The van der Waals surface area contributed by atoms with Crippen molar-refractivity contribution in [2.75, 3.05) is 6.61 Å². The number of carbonyl (C=O) groups is 2. The minimum Gasteiger partial charge on any atom is -0.466 e. The molecule has 1 saturated carbocycles. The van der Waals surface area contributed by atoms with Crippen molar-refractivity contribution in [1.82, 2.24) is 0 Å².